The summed E-state index contributed by atoms with van der Waals surface area (Å²) in [6.07, 6.45) is 9.66. The maximum atomic E-state index is 11.0. The number of hydrogen-bond donors (Lipinski definition) is 6. The lowest BCUT2D eigenvalue weighted by atomic mass is 9.68. The molecule has 6 aliphatic carbocycles. The van der Waals surface area contributed by atoms with Gasteiger partial charge in [-0.2, -0.15) is 0 Å². The number of benzene rings is 6. The SMILES string of the molecule is [2H]C1=C(C([2H])([2H])[2H])C([2H])([2H])C([2H])([2H])[C@]2([2H])[C@@H]1c1c(O)c([2H])c(CCCCC)c([2H])c1OC2(C)C.[2H]C1=C(C([2H])([2H])[2H])CC([2H])([2H])[C@]2([2H])[C@@H]1c1c(O)c([2H])c(CCCCC)c([2H])c1OC2(C)C.[2H]C1=C(C)C([2H])([2H])C([2H])([2H])[C@]2([2H])[C@@H]1c1c(O)c([2H])c(CCCCC)c([2H])c1OC2(C)C.[2H]c1c(O)c2c(c([2H])c1CCCCC)OC(C)(C)[C@@H]1CC([2H])([2H])C(C([2H])([2H])[2H])=C[C@@H]21.[2H]c1c(O)c2c(c([2H])c1CCCCC)OC(C)(C)[C@@H]1CCC(C([2H])([2H])[2H])=C[C@@H]21.[2H]c1c(O)c2c(c([2H])c1CCCCC)OC(C)(C)[C@@H]1CCC(C)=C[C@@]21[2H]. The minimum absolute atomic E-state index is 0.00448. The second-order valence-electron chi connectivity index (χ2n) is 41.9. The molecule has 0 fully saturated rings. The normalized spacial score (nSPS) is 34.6. The highest BCUT2D eigenvalue weighted by Crippen LogP contribution is 2.61. The number of allylic oxidation sites excluding steroid dienone is 12. The van der Waals surface area contributed by atoms with Gasteiger partial charge < -0.3 is 59.1 Å². The number of hydrogen-bond acceptors (Lipinski definition) is 12. The molecule has 0 radical (unpaired) electrons. The van der Waals surface area contributed by atoms with E-state index in [1.165, 1.54) is 54.5 Å². The second-order valence-corrected chi connectivity index (χ2v) is 41.9. The van der Waals surface area contributed by atoms with Crippen LogP contribution in [0.2, 0.25) is 0 Å². The van der Waals surface area contributed by atoms with Crippen molar-refractivity contribution in [2.75, 3.05) is 0 Å². The fourth-order valence-corrected chi connectivity index (χ4v) is 20.9. The highest BCUT2D eigenvalue weighted by molar-refractivity contribution is 5.60. The van der Waals surface area contributed by atoms with Crippen molar-refractivity contribution < 1.29 is 118 Å². The number of unbranched alkanes of at least 4 members (excludes halogenated alkanes) is 12. The molecular weight excluding hydrogens is 1710 g/mol. The van der Waals surface area contributed by atoms with Gasteiger partial charge in [-0.1, -0.05) is 188 Å². The van der Waals surface area contributed by atoms with Crippen LogP contribution in [0.15, 0.2) is 142 Å². The minimum atomic E-state index is -3.23. The zero-order chi connectivity index (χ0) is 137. The van der Waals surface area contributed by atoms with E-state index in [0.29, 0.717) is 115 Å². The largest absolute Gasteiger partial charge is 0.507 e. The van der Waals surface area contributed by atoms with Gasteiger partial charge in [-0.15, -0.1) is 0 Å². The molecular formula is C126H180O12. The molecule has 0 aromatic heterocycles. The molecule has 0 amide bonds. The van der Waals surface area contributed by atoms with Crippen molar-refractivity contribution in [2.24, 2.45) is 35.4 Å². The Morgan fingerprint density at radius 3 is 0.920 bits per heavy atom. The summed E-state index contributed by atoms with van der Waals surface area (Å²) in [5, 5.41) is 65.7. The van der Waals surface area contributed by atoms with Gasteiger partial charge >= 0.3 is 0 Å². The van der Waals surface area contributed by atoms with Crippen molar-refractivity contribution in [3.05, 3.63) is 209 Å². The summed E-state index contributed by atoms with van der Waals surface area (Å²) in [7, 11) is 0. The minimum Gasteiger partial charge on any atom is -0.507 e. The van der Waals surface area contributed by atoms with Crippen LogP contribution in [0.3, 0.4) is 0 Å². The average Bonchev–Trinajstić information content (AvgIpc) is 0.663. The van der Waals surface area contributed by atoms with Crippen LogP contribution in [0.1, 0.15) is 519 Å². The smallest absolute Gasteiger partial charge is 0.127 e. The van der Waals surface area contributed by atoms with Crippen molar-refractivity contribution in [2.45, 2.75) is 466 Å². The summed E-state index contributed by atoms with van der Waals surface area (Å²) in [4.78, 5) is 0. The first-order chi connectivity index (χ1) is 82.8. The third-order valence-electron chi connectivity index (χ3n) is 28.3. The maximum Gasteiger partial charge on any atom is 0.127 e. The second kappa shape index (κ2) is 45.7. The van der Waals surface area contributed by atoms with Crippen LogP contribution < -0.4 is 28.4 Å². The van der Waals surface area contributed by atoms with Gasteiger partial charge in [0.1, 0.15) is 103 Å². The average molecular weight is 1930 g/mol. The molecule has 0 bridgehead atoms. The van der Waals surface area contributed by atoms with Gasteiger partial charge in [0, 0.05) is 143 Å². The van der Waals surface area contributed by atoms with Crippen molar-refractivity contribution >= 4 is 0 Å². The molecule has 12 atom stereocenters. The van der Waals surface area contributed by atoms with Gasteiger partial charge in [-0.05, 0) is 384 Å². The Kier molecular flexibility index (Phi) is 20.8. The Morgan fingerprint density at radius 2 is 0.565 bits per heavy atom. The number of fused-ring (bicyclic) bond motifs is 18. The van der Waals surface area contributed by atoms with Crippen molar-refractivity contribution in [3.63, 3.8) is 0 Å². The first kappa shape index (κ1) is 62.7. The number of ether oxygens (including phenoxy) is 6. The fraction of sp³-hybridized carbons (Fsp3) is 0.619. The highest BCUT2D eigenvalue weighted by atomic mass is 16.5. The van der Waals surface area contributed by atoms with Gasteiger partial charge in [0.15, 0.2) is 0 Å². The molecule has 6 aromatic rings. The lowest BCUT2D eigenvalue weighted by molar-refractivity contribution is 0.0104. The molecule has 0 saturated carbocycles. The van der Waals surface area contributed by atoms with Crippen LogP contribution in [0.4, 0.5) is 0 Å². The number of phenols is 6. The summed E-state index contributed by atoms with van der Waals surface area (Å²) in [6, 6.07) is -2.86. The van der Waals surface area contributed by atoms with Crippen LogP contribution in [0, 0.1) is 35.4 Å². The van der Waals surface area contributed by atoms with E-state index in [2.05, 4.69) is 20.8 Å². The van der Waals surface area contributed by atoms with Gasteiger partial charge in [0.2, 0.25) is 0 Å². The van der Waals surface area contributed by atoms with E-state index in [1.54, 1.807) is 19.9 Å². The number of phenolic OH excluding ortho intramolecular Hbond substituents is 6. The van der Waals surface area contributed by atoms with E-state index in [1.807, 2.05) is 61.5 Å². The Hall–Kier alpha value is -8.64. The quantitative estimate of drug-likeness (QED) is 0.0250. The third kappa shape index (κ3) is 25.0. The first-order valence-corrected chi connectivity index (χ1v) is 50.7. The van der Waals surface area contributed by atoms with Crippen LogP contribution >= 0.6 is 0 Å². The Morgan fingerprint density at radius 1 is 0.290 bits per heavy atom. The van der Waals surface area contributed by atoms with E-state index in [0.717, 1.165) is 121 Å². The highest BCUT2D eigenvalue weighted by Gasteiger charge is 2.52. The van der Waals surface area contributed by atoms with Crippen LogP contribution in [-0.2, 0) is 38.5 Å². The Labute approximate surface area is 894 Å². The summed E-state index contributed by atoms with van der Waals surface area (Å²) >= 11 is 0. The number of aromatic hydroxyl groups is 6. The van der Waals surface area contributed by atoms with Crippen LogP contribution in [0.25, 0.3) is 0 Å². The molecule has 12 nitrogen and oxygen atoms in total. The van der Waals surface area contributed by atoms with Gasteiger partial charge in [0.05, 0.1) is 20.6 Å². The summed E-state index contributed by atoms with van der Waals surface area (Å²) in [5.41, 5.74) is -4.97. The zero-order valence-corrected chi connectivity index (χ0v) is 85.2. The molecule has 0 spiro atoms. The molecule has 18 rings (SSSR count). The third-order valence-corrected chi connectivity index (χ3v) is 28.3. The lowest BCUT2D eigenvalue weighted by Crippen LogP contribution is -2.45. The van der Waals surface area contributed by atoms with Crippen LogP contribution in [-0.4, -0.2) is 64.2 Å². The standard InChI is InChI=1S/6C21H30O2/c6*1-5-6-7-8-15-12-18(22)20-16-11-14(2)9-10-17(16)21(3,4)23-19(20)13-15/h6*11-13,16-17,22H,5-10H2,1-4H3/t6*16-,17-/m111111/s1/i2D3,9D2,10D2,11D,12D,13D,17D;9D2,10D2,11D,12D,13D,17D;2D3,10D2,11D,12D,13D,17D;2D3,9D2,12D,13D;12D,13D,16D;2D3,12D,13D. The fourth-order valence-electron chi connectivity index (χ4n) is 20.9. The number of rotatable bonds is 24. The van der Waals surface area contributed by atoms with E-state index in [-0.39, 0.29) is 181 Å². The van der Waals surface area contributed by atoms with Crippen molar-refractivity contribution in [1.29, 1.82) is 0 Å². The molecule has 6 aliphatic heterocycles. The molecule has 12 heteroatoms. The summed E-state index contributed by atoms with van der Waals surface area (Å²) in [5.74, 6) is -16.5. The Bertz CT molecular complexity index is 7650. The predicted molar refractivity (Wildman–Crippen MR) is 572 cm³/mol. The van der Waals surface area contributed by atoms with E-state index < -0.39 is 205 Å². The molecule has 756 valence electrons. The van der Waals surface area contributed by atoms with E-state index >= 15 is 0 Å². The summed E-state index contributed by atoms with van der Waals surface area (Å²) < 4.78 is 398. The molecule has 12 aliphatic rings. The van der Waals surface area contributed by atoms with E-state index in [9.17, 15) is 36.1 Å². The molecule has 6 heterocycles. The topological polar surface area (TPSA) is 177 Å². The van der Waals surface area contributed by atoms with Gasteiger partial charge in [-0.25, -0.2) is 0 Å². The molecule has 6 N–H and O–H groups in total. The van der Waals surface area contributed by atoms with Crippen molar-refractivity contribution in [1.82, 2.24) is 0 Å². The molecule has 0 unspecified atom stereocenters. The van der Waals surface area contributed by atoms with Crippen molar-refractivity contribution in [3.8, 4) is 69.0 Å². The maximum absolute atomic E-state index is 11.0. The monoisotopic (exact) mass is 1930 g/mol. The predicted octanol–water partition coefficient (Wildman–Crippen LogP) is 34.4. The van der Waals surface area contributed by atoms with Crippen LogP contribution in [0.5, 0.6) is 69.0 Å². The molecule has 6 aromatic carbocycles. The molecule has 0 saturated heterocycles. The summed E-state index contributed by atoms with van der Waals surface area (Å²) in [6.45, 7) is 25.0. The zero-order valence-electron chi connectivity index (χ0n) is 128. The first-order valence-electron chi connectivity index (χ1n) is 72.2. The lowest BCUT2D eigenvalue weighted by Gasteiger charge is -2.46. The van der Waals surface area contributed by atoms with Gasteiger partial charge in [0.25, 0.3) is 0 Å². The van der Waals surface area contributed by atoms with E-state index in [4.69, 9.17) is 81.9 Å². The van der Waals surface area contributed by atoms with Gasteiger partial charge in [-0.3, -0.25) is 0 Å². The Balaban J connectivity index is 0.000000177. The molecule has 138 heavy (non-hydrogen) atoms.